The highest BCUT2D eigenvalue weighted by Crippen LogP contribution is 2.18. The van der Waals surface area contributed by atoms with Crippen LogP contribution in [0.25, 0.3) is 0 Å². The first-order chi connectivity index (χ1) is 7.50. The van der Waals surface area contributed by atoms with Gasteiger partial charge in [0, 0.05) is 10.4 Å². The van der Waals surface area contributed by atoms with E-state index >= 15 is 0 Å². The number of hydrogen-bond donors (Lipinski definition) is 1. The number of hydrogen-bond acceptors (Lipinski definition) is 4. The van der Waals surface area contributed by atoms with Crippen LogP contribution in [0.2, 0.25) is 0 Å². The third-order valence-corrected chi connectivity index (χ3v) is 4.14. The maximum absolute atomic E-state index is 6.15. The molecular weight excluding hydrogens is 220 g/mol. The van der Waals surface area contributed by atoms with E-state index in [1.54, 1.807) is 11.3 Å². The number of nitrogens with zero attached hydrogens (tertiary/aromatic N) is 1. The quantitative estimate of drug-likeness (QED) is 0.834. The van der Waals surface area contributed by atoms with Gasteiger partial charge < -0.3 is 10.5 Å². The van der Waals surface area contributed by atoms with Gasteiger partial charge in [-0.2, -0.15) is 0 Å². The van der Waals surface area contributed by atoms with Gasteiger partial charge in [-0.25, -0.2) is 4.98 Å². The van der Waals surface area contributed by atoms with Gasteiger partial charge in [-0.05, 0) is 26.7 Å². The van der Waals surface area contributed by atoms with Crippen molar-refractivity contribution in [3.05, 3.63) is 15.6 Å². The smallest absolute Gasteiger partial charge is 0.119 e. The molecule has 16 heavy (non-hydrogen) atoms. The molecule has 0 unspecified atom stereocenters. The van der Waals surface area contributed by atoms with E-state index in [2.05, 4.69) is 25.8 Å². The Morgan fingerprint density at radius 1 is 1.31 bits per heavy atom. The molecular formula is C12H22N2OS. The monoisotopic (exact) mass is 242 g/mol. The SMILES string of the molecule is CCC(N)(CC)COCc1nc(C)c(C)s1. The van der Waals surface area contributed by atoms with Gasteiger partial charge in [0.25, 0.3) is 0 Å². The molecule has 2 N–H and O–H groups in total. The molecule has 0 atom stereocenters. The van der Waals surface area contributed by atoms with Gasteiger partial charge in [-0.15, -0.1) is 11.3 Å². The van der Waals surface area contributed by atoms with Crippen molar-refractivity contribution >= 4 is 11.3 Å². The van der Waals surface area contributed by atoms with Crippen molar-refractivity contribution in [2.24, 2.45) is 5.73 Å². The fourth-order valence-electron chi connectivity index (χ4n) is 1.40. The van der Waals surface area contributed by atoms with Gasteiger partial charge in [0.05, 0.1) is 18.9 Å². The molecule has 0 spiro atoms. The van der Waals surface area contributed by atoms with Crippen LogP contribution in [-0.4, -0.2) is 17.1 Å². The summed E-state index contributed by atoms with van der Waals surface area (Å²) in [5.41, 5.74) is 7.08. The first-order valence-electron chi connectivity index (χ1n) is 5.80. The third kappa shape index (κ3) is 3.54. The van der Waals surface area contributed by atoms with Crippen molar-refractivity contribution in [2.45, 2.75) is 52.7 Å². The van der Waals surface area contributed by atoms with Crippen molar-refractivity contribution in [1.82, 2.24) is 4.98 Å². The second-order valence-corrected chi connectivity index (χ2v) is 5.60. The number of thiazole rings is 1. The van der Waals surface area contributed by atoms with Gasteiger partial charge in [0.2, 0.25) is 0 Å². The Kier molecular flexibility index (Phi) is 4.89. The van der Waals surface area contributed by atoms with Gasteiger partial charge in [0.1, 0.15) is 5.01 Å². The average molecular weight is 242 g/mol. The average Bonchev–Trinajstić information content (AvgIpc) is 2.58. The fraction of sp³-hybridized carbons (Fsp3) is 0.750. The highest BCUT2D eigenvalue weighted by molar-refractivity contribution is 7.11. The van der Waals surface area contributed by atoms with E-state index in [1.165, 1.54) is 4.88 Å². The van der Waals surface area contributed by atoms with Crippen LogP contribution < -0.4 is 5.73 Å². The molecule has 0 radical (unpaired) electrons. The molecule has 0 bridgehead atoms. The lowest BCUT2D eigenvalue weighted by Crippen LogP contribution is -2.43. The van der Waals surface area contributed by atoms with Crippen molar-refractivity contribution < 1.29 is 4.74 Å². The maximum Gasteiger partial charge on any atom is 0.119 e. The summed E-state index contributed by atoms with van der Waals surface area (Å²) in [6.07, 6.45) is 1.89. The van der Waals surface area contributed by atoms with Crippen LogP contribution in [0, 0.1) is 13.8 Å². The summed E-state index contributed by atoms with van der Waals surface area (Å²) in [7, 11) is 0. The zero-order valence-electron chi connectivity index (χ0n) is 10.7. The van der Waals surface area contributed by atoms with E-state index < -0.39 is 0 Å². The second kappa shape index (κ2) is 5.75. The van der Waals surface area contributed by atoms with E-state index in [0.29, 0.717) is 13.2 Å². The van der Waals surface area contributed by atoms with Crippen molar-refractivity contribution in [2.75, 3.05) is 6.61 Å². The number of aromatic nitrogens is 1. The predicted molar refractivity (Wildman–Crippen MR) is 68.7 cm³/mol. The summed E-state index contributed by atoms with van der Waals surface area (Å²) >= 11 is 1.70. The van der Waals surface area contributed by atoms with Crippen LogP contribution in [0.4, 0.5) is 0 Å². The van der Waals surface area contributed by atoms with Crippen LogP contribution in [0.1, 0.15) is 42.3 Å². The lowest BCUT2D eigenvalue weighted by molar-refractivity contribution is 0.0695. The standard InChI is InChI=1S/C12H22N2OS/c1-5-12(13,6-2)8-15-7-11-14-9(3)10(4)16-11/h5-8,13H2,1-4H3. The highest BCUT2D eigenvalue weighted by Gasteiger charge is 2.20. The maximum atomic E-state index is 6.15. The summed E-state index contributed by atoms with van der Waals surface area (Å²) in [4.78, 5) is 5.70. The largest absolute Gasteiger partial charge is 0.372 e. The Bertz CT molecular complexity index is 312. The molecule has 1 heterocycles. The molecule has 0 saturated heterocycles. The van der Waals surface area contributed by atoms with Crippen LogP contribution in [-0.2, 0) is 11.3 Å². The number of rotatable bonds is 6. The van der Waals surface area contributed by atoms with E-state index in [4.69, 9.17) is 10.5 Å². The first-order valence-corrected chi connectivity index (χ1v) is 6.62. The Hall–Kier alpha value is -0.450. The molecule has 4 heteroatoms. The Labute approximate surface area is 102 Å². The van der Waals surface area contributed by atoms with Crippen molar-refractivity contribution in [3.8, 4) is 0 Å². The zero-order chi connectivity index (χ0) is 12.2. The second-order valence-electron chi connectivity index (χ2n) is 4.31. The van der Waals surface area contributed by atoms with Crippen LogP contribution >= 0.6 is 11.3 Å². The van der Waals surface area contributed by atoms with Gasteiger partial charge >= 0.3 is 0 Å². The van der Waals surface area contributed by atoms with E-state index in [0.717, 1.165) is 23.5 Å². The van der Waals surface area contributed by atoms with Crippen LogP contribution in [0.3, 0.4) is 0 Å². The summed E-state index contributed by atoms with van der Waals surface area (Å²) in [6, 6.07) is 0. The first kappa shape index (κ1) is 13.6. The van der Waals surface area contributed by atoms with Gasteiger partial charge in [0.15, 0.2) is 0 Å². The number of nitrogens with two attached hydrogens (primary N) is 1. The van der Waals surface area contributed by atoms with E-state index in [9.17, 15) is 0 Å². The molecule has 1 aromatic rings. The topological polar surface area (TPSA) is 48.1 Å². The summed E-state index contributed by atoms with van der Waals surface area (Å²) < 4.78 is 5.66. The molecule has 0 saturated carbocycles. The Balaban J connectivity index is 2.41. The lowest BCUT2D eigenvalue weighted by Gasteiger charge is -2.25. The molecule has 0 aromatic carbocycles. The fourth-order valence-corrected chi connectivity index (χ4v) is 2.27. The van der Waals surface area contributed by atoms with E-state index in [1.807, 2.05) is 6.92 Å². The molecule has 0 aliphatic rings. The number of aryl methyl sites for hydroxylation is 2. The minimum atomic E-state index is -0.179. The Morgan fingerprint density at radius 2 is 1.94 bits per heavy atom. The van der Waals surface area contributed by atoms with Crippen molar-refractivity contribution in [3.63, 3.8) is 0 Å². The molecule has 1 aromatic heterocycles. The van der Waals surface area contributed by atoms with Gasteiger partial charge in [-0.3, -0.25) is 0 Å². The molecule has 1 rings (SSSR count). The number of ether oxygens (including phenoxy) is 1. The summed E-state index contributed by atoms with van der Waals surface area (Å²) in [5.74, 6) is 0. The van der Waals surface area contributed by atoms with Gasteiger partial charge in [-0.1, -0.05) is 13.8 Å². The molecule has 0 amide bonds. The normalized spacial score (nSPS) is 12.1. The van der Waals surface area contributed by atoms with Crippen LogP contribution in [0.5, 0.6) is 0 Å². The molecule has 92 valence electrons. The molecule has 0 aliphatic carbocycles. The predicted octanol–water partition coefficient (Wildman–Crippen LogP) is 2.79. The molecule has 3 nitrogen and oxygen atoms in total. The third-order valence-electron chi connectivity index (χ3n) is 3.10. The molecule has 0 aliphatic heterocycles. The minimum absolute atomic E-state index is 0.179. The Morgan fingerprint density at radius 3 is 2.38 bits per heavy atom. The summed E-state index contributed by atoms with van der Waals surface area (Å²) in [6.45, 7) is 9.51. The summed E-state index contributed by atoms with van der Waals surface area (Å²) in [5, 5.41) is 1.05. The van der Waals surface area contributed by atoms with Crippen molar-refractivity contribution in [1.29, 1.82) is 0 Å². The molecule has 0 fully saturated rings. The zero-order valence-corrected chi connectivity index (χ0v) is 11.5. The highest BCUT2D eigenvalue weighted by atomic mass is 32.1. The van der Waals surface area contributed by atoms with Crippen LogP contribution in [0.15, 0.2) is 0 Å². The van der Waals surface area contributed by atoms with E-state index in [-0.39, 0.29) is 5.54 Å². The minimum Gasteiger partial charge on any atom is -0.372 e. The lowest BCUT2D eigenvalue weighted by atomic mass is 9.96.